The number of ether oxygens (including phenoxy) is 1. The lowest BCUT2D eigenvalue weighted by Gasteiger charge is -2.30. The molecule has 0 aromatic heterocycles. The van der Waals surface area contributed by atoms with Crippen molar-refractivity contribution in [1.29, 1.82) is 0 Å². The number of hydrogen-bond donors (Lipinski definition) is 2. The molecular weight excluding hydrogens is 256 g/mol. The molecule has 0 bridgehead atoms. The molecule has 6 nitrogen and oxygen atoms in total. The van der Waals surface area contributed by atoms with E-state index in [1.54, 1.807) is 6.92 Å². The molecule has 3 N–H and O–H groups in total. The molecule has 0 spiro atoms. The summed E-state index contributed by atoms with van der Waals surface area (Å²) < 4.78 is 30.8. The van der Waals surface area contributed by atoms with Gasteiger partial charge in [-0.1, -0.05) is 12.8 Å². The summed E-state index contributed by atoms with van der Waals surface area (Å²) in [5, 5.41) is 0. The summed E-state index contributed by atoms with van der Waals surface area (Å²) in [4.78, 5) is 11.2. The number of sulfonamides is 1. The fourth-order valence-electron chi connectivity index (χ4n) is 2.28. The maximum absolute atomic E-state index is 11.8. The normalized spacial score (nSPS) is 24.8. The molecule has 0 aromatic rings. The Morgan fingerprint density at radius 3 is 2.67 bits per heavy atom. The monoisotopic (exact) mass is 278 g/mol. The van der Waals surface area contributed by atoms with E-state index < -0.39 is 21.7 Å². The van der Waals surface area contributed by atoms with Crippen LogP contribution in [-0.4, -0.2) is 39.3 Å². The molecule has 106 valence electrons. The summed E-state index contributed by atoms with van der Waals surface area (Å²) >= 11 is 0. The number of nitrogens with two attached hydrogens (primary N) is 1. The quantitative estimate of drug-likeness (QED) is 0.666. The molecule has 1 rings (SSSR count). The first-order chi connectivity index (χ1) is 8.48. The maximum atomic E-state index is 11.8. The van der Waals surface area contributed by atoms with Gasteiger partial charge in [0, 0.05) is 6.04 Å². The van der Waals surface area contributed by atoms with Gasteiger partial charge in [0.25, 0.3) is 0 Å². The Kier molecular flexibility index (Phi) is 6.04. The molecule has 18 heavy (non-hydrogen) atoms. The van der Waals surface area contributed by atoms with E-state index >= 15 is 0 Å². The van der Waals surface area contributed by atoms with Crippen LogP contribution in [0.5, 0.6) is 0 Å². The molecule has 1 aliphatic carbocycles. The van der Waals surface area contributed by atoms with Crippen LogP contribution in [0, 0.1) is 5.92 Å². The van der Waals surface area contributed by atoms with Gasteiger partial charge in [-0.25, -0.2) is 13.1 Å². The van der Waals surface area contributed by atoms with Crippen molar-refractivity contribution >= 4 is 16.0 Å². The van der Waals surface area contributed by atoms with Crippen molar-refractivity contribution in [2.75, 3.05) is 18.9 Å². The second-order valence-corrected chi connectivity index (χ2v) is 6.32. The summed E-state index contributed by atoms with van der Waals surface area (Å²) in [7, 11) is -3.63. The third kappa shape index (κ3) is 4.91. The van der Waals surface area contributed by atoms with E-state index in [0.717, 1.165) is 25.7 Å². The van der Waals surface area contributed by atoms with Crippen LogP contribution in [0.1, 0.15) is 32.6 Å². The van der Waals surface area contributed by atoms with Crippen molar-refractivity contribution in [2.45, 2.75) is 38.6 Å². The van der Waals surface area contributed by atoms with E-state index in [2.05, 4.69) is 9.46 Å². The minimum atomic E-state index is -3.63. The van der Waals surface area contributed by atoms with Gasteiger partial charge in [-0.15, -0.1) is 0 Å². The van der Waals surface area contributed by atoms with Gasteiger partial charge >= 0.3 is 5.97 Å². The molecule has 0 radical (unpaired) electrons. The highest BCUT2D eigenvalue weighted by Crippen LogP contribution is 2.24. The Morgan fingerprint density at radius 1 is 1.39 bits per heavy atom. The Morgan fingerprint density at radius 2 is 2.06 bits per heavy atom. The van der Waals surface area contributed by atoms with Gasteiger partial charge in [-0.3, -0.25) is 4.79 Å². The van der Waals surface area contributed by atoms with Crippen molar-refractivity contribution in [2.24, 2.45) is 11.7 Å². The highest BCUT2D eigenvalue weighted by Gasteiger charge is 2.29. The largest absolute Gasteiger partial charge is 0.465 e. The van der Waals surface area contributed by atoms with Crippen molar-refractivity contribution in [1.82, 2.24) is 4.72 Å². The number of rotatable bonds is 6. The van der Waals surface area contributed by atoms with E-state index in [1.165, 1.54) is 0 Å². The van der Waals surface area contributed by atoms with Gasteiger partial charge in [-0.05, 0) is 32.2 Å². The van der Waals surface area contributed by atoms with Crippen LogP contribution in [0.4, 0.5) is 0 Å². The first-order valence-corrected chi connectivity index (χ1v) is 7.99. The lowest BCUT2D eigenvalue weighted by atomic mass is 9.85. The number of hydrogen-bond acceptors (Lipinski definition) is 5. The minimum absolute atomic E-state index is 0.150. The van der Waals surface area contributed by atoms with Crippen molar-refractivity contribution in [3.8, 4) is 0 Å². The minimum Gasteiger partial charge on any atom is -0.465 e. The molecule has 1 saturated carbocycles. The van der Waals surface area contributed by atoms with Crippen LogP contribution >= 0.6 is 0 Å². The third-order valence-corrected chi connectivity index (χ3v) is 4.43. The molecule has 1 aliphatic rings. The summed E-state index contributed by atoms with van der Waals surface area (Å²) in [6.45, 7) is 2.29. The standard InChI is InChI=1S/C11H22N2O4S/c1-2-17-11(14)8-18(15,16)13-10-6-4-3-5-9(10)7-12/h9-10,13H,2-8,12H2,1H3. The van der Waals surface area contributed by atoms with E-state index in [1.807, 2.05) is 0 Å². The molecule has 0 saturated heterocycles. The Bertz CT molecular complexity index is 369. The molecule has 1 fully saturated rings. The fourth-order valence-corrected chi connectivity index (χ4v) is 3.52. The fraction of sp³-hybridized carbons (Fsp3) is 0.909. The van der Waals surface area contributed by atoms with Crippen LogP contribution < -0.4 is 10.5 Å². The SMILES string of the molecule is CCOC(=O)CS(=O)(=O)NC1CCCCC1CN. The van der Waals surface area contributed by atoms with Crippen LogP contribution in [0.25, 0.3) is 0 Å². The molecular formula is C11H22N2O4S. The third-order valence-electron chi connectivity index (χ3n) is 3.16. The predicted molar refractivity (Wildman–Crippen MR) is 68.4 cm³/mol. The lowest BCUT2D eigenvalue weighted by molar-refractivity contribution is -0.139. The van der Waals surface area contributed by atoms with Crippen molar-refractivity contribution in [3.05, 3.63) is 0 Å². The highest BCUT2D eigenvalue weighted by molar-refractivity contribution is 7.90. The highest BCUT2D eigenvalue weighted by atomic mass is 32.2. The van der Waals surface area contributed by atoms with E-state index in [4.69, 9.17) is 5.73 Å². The predicted octanol–water partition coefficient (Wildman–Crippen LogP) is -0.0136. The zero-order valence-corrected chi connectivity index (χ0v) is 11.5. The van der Waals surface area contributed by atoms with Gasteiger partial charge < -0.3 is 10.5 Å². The molecule has 2 unspecified atom stereocenters. The molecule has 0 aliphatic heterocycles. The van der Waals surface area contributed by atoms with Gasteiger partial charge in [0.05, 0.1) is 6.61 Å². The number of carbonyl (C=O) groups excluding carboxylic acids is 1. The molecule has 0 amide bonds. The second kappa shape index (κ2) is 7.06. The van der Waals surface area contributed by atoms with E-state index in [0.29, 0.717) is 6.54 Å². The Hall–Kier alpha value is -0.660. The number of carbonyl (C=O) groups is 1. The summed E-state index contributed by atoms with van der Waals surface area (Å²) in [6, 6.07) is -0.150. The average molecular weight is 278 g/mol. The lowest BCUT2D eigenvalue weighted by Crippen LogP contribution is -2.46. The first kappa shape index (κ1) is 15.4. The second-order valence-electron chi connectivity index (χ2n) is 4.57. The zero-order chi connectivity index (χ0) is 13.6. The maximum Gasteiger partial charge on any atom is 0.322 e. The van der Waals surface area contributed by atoms with Gasteiger partial charge in [0.1, 0.15) is 0 Å². The van der Waals surface area contributed by atoms with Gasteiger partial charge in [-0.2, -0.15) is 0 Å². The van der Waals surface area contributed by atoms with Crippen LogP contribution in [0.3, 0.4) is 0 Å². The van der Waals surface area contributed by atoms with Crippen LogP contribution in [0.2, 0.25) is 0 Å². The Balaban J connectivity index is 2.55. The molecule has 2 atom stereocenters. The molecule has 0 aromatic carbocycles. The first-order valence-electron chi connectivity index (χ1n) is 6.34. The van der Waals surface area contributed by atoms with Gasteiger partial charge in [0.15, 0.2) is 5.75 Å². The van der Waals surface area contributed by atoms with Crippen LogP contribution in [0.15, 0.2) is 0 Å². The zero-order valence-electron chi connectivity index (χ0n) is 10.7. The summed E-state index contributed by atoms with van der Waals surface area (Å²) in [5.74, 6) is -1.17. The van der Waals surface area contributed by atoms with Crippen molar-refractivity contribution in [3.63, 3.8) is 0 Å². The van der Waals surface area contributed by atoms with Gasteiger partial charge in [0.2, 0.25) is 10.0 Å². The number of nitrogens with one attached hydrogen (secondary N) is 1. The van der Waals surface area contributed by atoms with Crippen LogP contribution in [-0.2, 0) is 19.6 Å². The average Bonchev–Trinajstić information content (AvgIpc) is 2.28. The Labute approximate surface area is 108 Å². The van der Waals surface area contributed by atoms with E-state index in [-0.39, 0.29) is 18.6 Å². The summed E-state index contributed by atoms with van der Waals surface area (Å²) in [6.07, 6.45) is 3.79. The smallest absolute Gasteiger partial charge is 0.322 e. The topological polar surface area (TPSA) is 98.5 Å². The summed E-state index contributed by atoms with van der Waals surface area (Å²) in [5.41, 5.74) is 5.64. The van der Waals surface area contributed by atoms with Crippen molar-refractivity contribution < 1.29 is 17.9 Å². The molecule has 0 heterocycles. The van der Waals surface area contributed by atoms with E-state index in [9.17, 15) is 13.2 Å². The number of esters is 1. The molecule has 7 heteroatoms.